The van der Waals surface area contributed by atoms with Gasteiger partial charge < -0.3 is 15.2 Å². The van der Waals surface area contributed by atoms with Crippen LogP contribution in [0.5, 0.6) is 5.88 Å². The first-order valence-corrected chi connectivity index (χ1v) is 6.69. The standard InChI is InChI=1S/C14H17N3O3/c1-20-14(19)13-10-3-2-4-12(18)17(10)11(16-13)7-9-5-6-15-8-9/h2-4,9,15,18H,5-8H2,1H3. The largest absolute Gasteiger partial charge is 0.494 e. The number of carbonyl (C=O) groups excluding carboxylic acids is 1. The number of ether oxygens (including phenoxy) is 1. The number of carbonyl (C=O) groups is 1. The minimum atomic E-state index is -0.483. The molecule has 0 saturated carbocycles. The monoisotopic (exact) mass is 275 g/mol. The molecule has 2 aromatic heterocycles. The molecule has 2 aromatic rings. The zero-order valence-electron chi connectivity index (χ0n) is 11.3. The maximum atomic E-state index is 11.8. The number of esters is 1. The van der Waals surface area contributed by atoms with Gasteiger partial charge in [0.2, 0.25) is 0 Å². The van der Waals surface area contributed by atoms with Gasteiger partial charge in [0.25, 0.3) is 0 Å². The molecule has 3 heterocycles. The topological polar surface area (TPSA) is 75.9 Å². The van der Waals surface area contributed by atoms with Crippen molar-refractivity contribution in [2.45, 2.75) is 12.8 Å². The van der Waals surface area contributed by atoms with Crippen molar-refractivity contribution in [2.75, 3.05) is 20.2 Å². The summed E-state index contributed by atoms with van der Waals surface area (Å²) < 4.78 is 6.39. The molecule has 6 nitrogen and oxygen atoms in total. The van der Waals surface area contributed by atoms with Crippen LogP contribution in [0.2, 0.25) is 0 Å². The molecule has 1 atom stereocenters. The Hall–Kier alpha value is -2.08. The van der Waals surface area contributed by atoms with Crippen LogP contribution in [0, 0.1) is 5.92 Å². The first-order valence-electron chi connectivity index (χ1n) is 6.69. The van der Waals surface area contributed by atoms with Gasteiger partial charge in [-0.3, -0.25) is 4.40 Å². The number of rotatable bonds is 3. The van der Waals surface area contributed by atoms with Crippen molar-refractivity contribution >= 4 is 11.5 Å². The highest BCUT2D eigenvalue weighted by atomic mass is 16.5. The summed E-state index contributed by atoms with van der Waals surface area (Å²) in [5.41, 5.74) is 0.835. The fourth-order valence-electron chi connectivity index (χ4n) is 2.72. The van der Waals surface area contributed by atoms with Crippen LogP contribution in [0.15, 0.2) is 18.2 Å². The smallest absolute Gasteiger partial charge is 0.358 e. The molecule has 0 radical (unpaired) electrons. The molecule has 0 aliphatic carbocycles. The summed E-state index contributed by atoms with van der Waals surface area (Å²) in [6.07, 6.45) is 1.80. The van der Waals surface area contributed by atoms with E-state index in [9.17, 15) is 9.90 Å². The number of imidazole rings is 1. The fourth-order valence-corrected chi connectivity index (χ4v) is 2.72. The number of nitrogens with one attached hydrogen (secondary N) is 1. The molecule has 1 fully saturated rings. The van der Waals surface area contributed by atoms with Crippen LogP contribution in [0.1, 0.15) is 22.7 Å². The Morgan fingerprint density at radius 3 is 3.15 bits per heavy atom. The molecule has 3 rings (SSSR count). The third kappa shape index (κ3) is 2.12. The van der Waals surface area contributed by atoms with E-state index in [4.69, 9.17) is 4.74 Å². The maximum absolute atomic E-state index is 11.8. The first-order chi connectivity index (χ1) is 9.70. The molecule has 1 unspecified atom stereocenters. The number of fused-ring (bicyclic) bond motifs is 1. The molecule has 1 saturated heterocycles. The van der Waals surface area contributed by atoms with Crippen LogP contribution in [0.4, 0.5) is 0 Å². The quantitative estimate of drug-likeness (QED) is 0.817. The van der Waals surface area contributed by atoms with E-state index in [1.165, 1.54) is 7.11 Å². The van der Waals surface area contributed by atoms with Crippen LogP contribution in [0.3, 0.4) is 0 Å². The van der Waals surface area contributed by atoms with Crippen molar-refractivity contribution in [1.29, 1.82) is 0 Å². The lowest BCUT2D eigenvalue weighted by Gasteiger charge is -2.08. The SMILES string of the molecule is COC(=O)c1nc(CC2CCNC2)n2c(O)cccc12. The molecule has 0 bridgehead atoms. The molecular formula is C14H17N3O3. The van der Waals surface area contributed by atoms with Gasteiger partial charge in [0.15, 0.2) is 11.6 Å². The Morgan fingerprint density at radius 2 is 2.45 bits per heavy atom. The lowest BCUT2D eigenvalue weighted by atomic mass is 10.0. The highest BCUT2D eigenvalue weighted by Gasteiger charge is 2.23. The van der Waals surface area contributed by atoms with Gasteiger partial charge in [-0.05, 0) is 37.6 Å². The average Bonchev–Trinajstić information content (AvgIpc) is 3.07. The van der Waals surface area contributed by atoms with Gasteiger partial charge in [0.05, 0.1) is 12.6 Å². The number of aromatic hydroxyl groups is 1. The molecule has 2 N–H and O–H groups in total. The number of nitrogens with zero attached hydrogens (tertiary/aromatic N) is 2. The fraction of sp³-hybridized carbons (Fsp3) is 0.429. The Labute approximate surface area is 116 Å². The molecule has 0 spiro atoms. The summed E-state index contributed by atoms with van der Waals surface area (Å²) in [4.78, 5) is 16.2. The van der Waals surface area contributed by atoms with E-state index < -0.39 is 5.97 Å². The molecule has 0 amide bonds. The Morgan fingerprint density at radius 1 is 1.60 bits per heavy atom. The summed E-state index contributed by atoms with van der Waals surface area (Å²) in [6.45, 7) is 1.94. The zero-order chi connectivity index (χ0) is 14.1. The van der Waals surface area contributed by atoms with Gasteiger partial charge in [-0.2, -0.15) is 0 Å². The van der Waals surface area contributed by atoms with Gasteiger partial charge in [0.1, 0.15) is 5.82 Å². The molecular weight excluding hydrogens is 258 g/mol. The van der Waals surface area contributed by atoms with Crippen LogP contribution >= 0.6 is 0 Å². The van der Waals surface area contributed by atoms with Crippen LogP contribution in [-0.4, -0.2) is 40.7 Å². The third-order valence-electron chi connectivity index (χ3n) is 3.72. The molecule has 0 aromatic carbocycles. The average molecular weight is 275 g/mol. The van der Waals surface area contributed by atoms with Crippen molar-refractivity contribution in [1.82, 2.24) is 14.7 Å². The van der Waals surface area contributed by atoms with E-state index in [2.05, 4.69) is 10.3 Å². The van der Waals surface area contributed by atoms with Crippen LogP contribution in [0.25, 0.3) is 5.52 Å². The summed E-state index contributed by atoms with van der Waals surface area (Å²) in [5, 5.41) is 13.4. The van der Waals surface area contributed by atoms with Gasteiger partial charge in [0, 0.05) is 6.42 Å². The van der Waals surface area contributed by atoms with Crippen molar-refractivity contribution in [2.24, 2.45) is 5.92 Å². The number of aromatic nitrogens is 2. The van der Waals surface area contributed by atoms with Crippen LogP contribution < -0.4 is 5.32 Å². The Bertz CT molecular complexity index is 644. The molecule has 6 heteroatoms. The Balaban J connectivity index is 2.08. The van der Waals surface area contributed by atoms with E-state index in [1.807, 2.05) is 0 Å². The van der Waals surface area contributed by atoms with Crippen LogP contribution in [-0.2, 0) is 11.2 Å². The van der Waals surface area contributed by atoms with Crippen molar-refractivity contribution < 1.29 is 14.6 Å². The summed E-state index contributed by atoms with van der Waals surface area (Å²) in [6, 6.07) is 5.04. The van der Waals surface area contributed by atoms with Gasteiger partial charge in [-0.15, -0.1) is 0 Å². The third-order valence-corrected chi connectivity index (χ3v) is 3.72. The predicted octanol–water partition coefficient (Wildman–Crippen LogP) is 0.978. The number of hydrogen-bond acceptors (Lipinski definition) is 5. The normalized spacial score (nSPS) is 18.6. The van der Waals surface area contributed by atoms with Crippen molar-refractivity contribution in [3.8, 4) is 5.88 Å². The number of hydrogen-bond donors (Lipinski definition) is 2. The second kappa shape index (κ2) is 5.13. The van der Waals surface area contributed by atoms with Crippen molar-refractivity contribution in [3.63, 3.8) is 0 Å². The lowest BCUT2D eigenvalue weighted by Crippen LogP contribution is -2.12. The summed E-state index contributed by atoms with van der Waals surface area (Å²) in [7, 11) is 1.33. The second-order valence-corrected chi connectivity index (χ2v) is 5.04. The van der Waals surface area contributed by atoms with E-state index in [-0.39, 0.29) is 11.6 Å². The minimum absolute atomic E-state index is 0.0890. The van der Waals surface area contributed by atoms with Crippen molar-refractivity contribution in [3.05, 3.63) is 29.7 Å². The minimum Gasteiger partial charge on any atom is -0.494 e. The molecule has 106 valence electrons. The van der Waals surface area contributed by atoms with Gasteiger partial charge >= 0.3 is 5.97 Å². The highest BCUT2D eigenvalue weighted by molar-refractivity contribution is 5.95. The lowest BCUT2D eigenvalue weighted by molar-refractivity contribution is 0.0596. The van der Waals surface area contributed by atoms with E-state index in [0.29, 0.717) is 17.3 Å². The Kier molecular flexibility index (Phi) is 3.31. The van der Waals surface area contributed by atoms with Gasteiger partial charge in [-0.25, -0.2) is 9.78 Å². The summed E-state index contributed by atoms with van der Waals surface area (Å²) >= 11 is 0. The molecule has 20 heavy (non-hydrogen) atoms. The van der Waals surface area contributed by atoms with E-state index in [1.54, 1.807) is 22.6 Å². The number of pyridine rings is 1. The van der Waals surface area contributed by atoms with E-state index in [0.717, 1.165) is 25.9 Å². The van der Waals surface area contributed by atoms with Gasteiger partial charge in [-0.1, -0.05) is 6.07 Å². The second-order valence-electron chi connectivity index (χ2n) is 5.04. The highest BCUT2D eigenvalue weighted by Crippen LogP contribution is 2.23. The molecule has 1 aliphatic rings. The number of methoxy groups -OCH3 is 1. The zero-order valence-corrected chi connectivity index (χ0v) is 11.3. The molecule has 1 aliphatic heterocycles. The predicted molar refractivity (Wildman–Crippen MR) is 72.9 cm³/mol. The maximum Gasteiger partial charge on any atom is 0.358 e. The van der Waals surface area contributed by atoms with E-state index >= 15 is 0 Å². The first kappa shape index (κ1) is 12.9. The summed E-state index contributed by atoms with van der Waals surface area (Å²) in [5.74, 6) is 0.785.